The Labute approximate surface area is 170 Å². The Balaban J connectivity index is 0.00000225. The molecule has 0 unspecified atom stereocenters. The molecule has 0 amide bonds. The number of aryl methyl sites for hydroxylation is 1. The standard InChI is InChI=1S/C23H21FN2O.ClH/c1-15-16(2)26(14-17-5-4-6-20(13-17)27-3)23-21(15)11-12-25-22(23)18-7-9-19(24)10-8-18;/h4-13H,14H2,1-3H3;1H. The summed E-state index contributed by atoms with van der Waals surface area (Å²) in [6, 6.07) is 16.7. The Morgan fingerprint density at radius 2 is 1.79 bits per heavy atom. The van der Waals surface area contributed by atoms with Crippen LogP contribution in [0.4, 0.5) is 4.39 Å². The van der Waals surface area contributed by atoms with Crippen LogP contribution in [0.25, 0.3) is 22.2 Å². The van der Waals surface area contributed by atoms with Gasteiger partial charge in [0.2, 0.25) is 0 Å². The number of aromatic nitrogens is 2. The number of methoxy groups -OCH3 is 1. The lowest BCUT2D eigenvalue weighted by Crippen LogP contribution is -2.03. The zero-order valence-electron chi connectivity index (χ0n) is 16.1. The molecule has 2 heterocycles. The highest BCUT2D eigenvalue weighted by Crippen LogP contribution is 2.33. The topological polar surface area (TPSA) is 27.1 Å². The first-order valence-corrected chi connectivity index (χ1v) is 8.91. The second-order valence-corrected chi connectivity index (χ2v) is 6.71. The Kier molecular flexibility index (Phi) is 5.71. The van der Waals surface area contributed by atoms with E-state index in [9.17, 15) is 4.39 Å². The molecule has 4 aromatic rings. The van der Waals surface area contributed by atoms with Crippen molar-refractivity contribution in [2.45, 2.75) is 20.4 Å². The van der Waals surface area contributed by atoms with Gasteiger partial charge in [-0.2, -0.15) is 0 Å². The fraction of sp³-hybridized carbons (Fsp3) is 0.174. The van der Waals surface area contributed by atoms with Crippen molar-refractivity contribution in [3.05, 3.63) is 83.4 Å². The van der Waals surface area contributed by atoms with E-state index >= 15 is 0 Å². The summed E-state index contributed by atoms with van der Waals surface area (Å²) in [5.41, 5.74) is 6.44. The maximum atomic E-state index is 13.4. The van der Waals surface area contributed by atoms with Crippen LogP contribution in [0.5, 0.6) is 5.75 Å². The van der Waals surface area contributed by atoms with Crippen LogP contribution in [-0.4, -0.2) is 16.7 Å². The summed E-state index contributed by atoms with van der Waals surface area (Å²) < 4.78 is 21.0. The molecule has 0 fully saturated rings. The zero-order valence-corrected chi connectivity index (χ0v) is 16.9. The smallest absolute Gasteiger partial charge is 0.123 e. The van der Waals surface area contributed by atoms with Crippen molar-refractivity contribution in [1.82, 2.24) is 9.55 Å². The molecule has 144 valence electrons. The van der Waals surface area contributed by atoms with E-state index in [0.717, 1.165) is 28.1 Å². The molecular formula is C23H22ClFN2O. The fourth-order valence-electron chi connectivity index (χ4n) is 3.56. The van der Waals surface area contributed by atoms with Crippen LogP contribution in [0.15, 0.2) is 60.8 Å². The maximum absolute atomic E-state index is 13.4. The zero-order chi connectivity index (χ0) is 19.0. The third-order valence-corrected chi connectivity index (χ3v) is 5.14. The quantitative estimate of drug-likeness (QED) is 0.427. The average Bonchev–Trinajstić information content (AvgIpc) is 2.94. The highest BCUT2D eigenvalue weighted by Gasteiger charge is 2.16. The second-order valence-electron chi connectivity index (χ2n) is 6.71. The minimum atomic E-state index is -0.245. The van der Waals surface area contributed by atoms with Gasteiger partial charge in [-0.1, -0.05) is 12.1 Å². The molecule has 0 radical (unpaired) electrons. The monoisotopic (exact) mass is 396 g/mol. The molecule has 3 nitrogen and oxygen atoms in total. The number of hydrogen-bond donors (Lipinski definition) is 0. The minimum absolute atomic E-state index is 0. The van der Waals surface area contributed by atoms with E-state index in [0.29, 0.717) is 6.54 Å². The van der Waals surface area contributed by atoms with E-state index in [1.807, 2.05) is 24.4 Å². The van der Waals surface area contributed by atoms with Gasteiger partial charge in [-0.3, -0.25) is 4.98 Å². The predicted molar refractivity (Wildman–Crippen MR) is 114 cm³/mol. The van der Waals surface area contributed by atoms with Gasteiger partial charge in [0.15, 0.2) is 0 Å². The van der Waals surface area contributed by atoms with Gasteiger partial charge in [-0.15, -0.1) is 12.4 Å². The molecule has 0 N–H and O–H groups in total. The third kappa shape index (κ3) is 3.48. The molecule has 0 spiro atoms. The van der Waals surface area contributed by atoms with Gasteiger partial charge in [0, 0.05) is 29.4 Å². The number of pyridine rings is 1. The molecule has 2 aromatic carbocycles. The number of nitrogens with zero attached hydrogens (tertiary/aromatic N) is 2. The number of fused-ring (bicyclic) bond motifs is 1. The van der Waals surface area contributed by atoms with Crippen molar-refractivity contribution < 1.29 is 9.13 Å². The molecule has 0 atom stereocenters. The van der Waals surface area contributed by atoms with Crippen molar-refractivity contribution in [2.24, 2.45) is 0 Å². The first kappa shape index (κ1) is 19.9. The van der Waals surface area contributed by atoms with Gasteiger partial charge < -0.3 is 9.30 Å². The maximum Gasteiger partial charge on any atom is 0.123 e. The van der Waals surface area contributed by atoms with Crippen molar-refractivity contribution in [3.8, 4) is 17.0 Å². The van der Waals surface area contributed by atoms with Crippen LogP contribution in [0.2, 0.25) is 0 Å². The van der Waals surface area contributed by atoms with Gasteiger partial charge in [0.05, 0.1) is 18.3 Å². The molecule has 0 bridgehead atoms. The van der Waals surface area contributed by atoms with Crippen molar-refractivity contribution in [2.75, 3.05) is 7.11 Å². The summed E-state index contributed by atoms with van der Waals surface area (Å²) in [5, 5.41) is 1.17. The molecule has 28 heavy (non-hydrogen) atoms. The Hall–Kier alpha value is -2.85. The average molecular weight is 397 g/mol. The molecule has 4 rings (SSSR count). The minimum Gasteiger partial charge on any atom is -0.497 e. The number of hydrogen-bond acceptors (Lipinski definition) is 2. The summed E-state index contributed by atoms with van der Waals surface area (Å²) in [5.74, 6) is 0.597. The van der Waals surface area contributed by atoms with E-state index < -0.39 is 0 Å². The van der Waals surface area contributed by atoms with Gasteiger partial charge in [0.1, 0.15) is 11.6 Å². The number of benzene rings is 2. The molecule has 5 heteroatoms. The second kappa shape index (κ2) is 8.03. The lowest BCUT2D eigenvalue weighted by Gasteiger charge is -2.12. The largest absolute Gasteiger partial charge is 0.497 e. The lowest BCUT2D eigenvalue weighted by atomic mass is 10.1. The van der Waals surface area contributed by atoms with Gasteiger partial charge >= 0.3 is 0 Å². The van der Waals surface area contributed by atoms with E-state index in [1.54, 1.807) is 19.2 Å². The lowest BCUT2D eigenvalue weighted by molar-refractivity contribution is 0.414. The number of rotatable bonds is 4. The predicted octanol–water partition coefficient (Wildman–Crippen LogP) is 5.94. The molecule has 0 aliphatic rings. The van der Waals surface area contributed by atoms with E-state index in [4.69, 9.17) is 4.74 Å². The van der Waals surface area contributed by atoms with E-state index in [2.05, 4.69) is 35.5 Å². The third-order valence-electron chi connectivity index (χ3n) is 5.14. The molecule has 0 aliphatic heterocycles. The normalized spacial score (nSPS) is 10.7. The summed E-state index contributed by atoms with van der Waals surface area (Å²) in [6.45, 7) is 4.98. The Morgan fingerprint density at radius 3 is 2.50 bits per heavy atom. The van der Waals surface area contributed by atoms with Crippen molar-refractivity contribution in [1.29, 1.82) is 0 Å². The molecule has 0 saturated heterocycles. The molecule has 0 saturated carbocycles. The highest BCUT2D eigenvalue weighted by molar-refractivity contribution is 5.95. The summed E-state index contributed by atoms with van der Waals surface area (Å²) >= 11 is 0. The fourth-order valence-corrected chi connectivity index (χ4v) is 3.56. The highest BCUT2D eigenvalue weighted by atomic mass is 35.5. The molecule has 0 aliphatic carbocycles. The van der Waals surface area contributed by atoms with Gasteiger partial charge in [0.25, 0.3) is 0 Å². The number of ether oxygens (including phenoxy) is 1. The number of halogens is 2. The van der Waals surface area contributed by atoms with E-state index in [1.165, 1.54) is 28.8 Å². The van der Waals surface area contributed by atoms with Crippen LogP contribution in [0, 0.1) is 19.7 Å². The Bertz CT molecular complexity index is 1120. The van der Waals surface area contributed by atoms with Crippen LogP contribution in [-0.2, 0) is 6.54 Å². The first-order chi connectivity index (χ1) is 13.1. The van der Waals surface area contributed by atoms with Crippen LogP contribution in [0.1, 0.15) is 16.8 Å². The Morgan fingerprint density at radius 1 is 1.04 bits per heavy atom. The van der Waals surface area contributed by atoms with Crippen molar-refractivity contribution in [3.63, 3.8) is 0 Å². The first-order valence-electron chi connectivity index (χ1n) is 8.91. The van der Waals surface area contributed by atoms with Crippen LogP contribution >= 0.6 is 12.4 Å². The summed E-state index contributed by atoms with van der Waals surface area (Å²) in [6.07, 6.45) is 1.82. The van der Waals surface area contributed by atoms with Gasteiger partial charge in [-0.25, -0.2) is 4.39 Å². The van der Waals surface area contributed by atoms with Crippen LogP contribution in [0.3, 0.4) is 0 Å². The van der Waals surface area contributed by atoms with Crippen LogP contribution < -0.4 is 4.74 Å². The summed E-state index contributed by atoms with van der Waals surface area (Å²) in [4.78, 5) is 4.63. The molecular weight excluding hydrogens is 375 g/mol. The molecule has 2 aromatic heterocycles. The van der Waals surface area contributed by atoms with Gasteiger partial charge in [-0.05, 0) is 67.4 Å². The SMILES string of the molecule is COc1cccc(Cn2c(C)c(C)c3ccnc(-c4ccc(F)cc4)c32)c1.Cl. The summed E-state index contributed by atoms with van der Waals surface area (Å²) in [7, 11) is 1.68. The van der Waals surface area contributed by atoms with E-state index in [-0.39, 0.29) is 18.2 Å². The van der Waals surface area contributed by atoms with Crippen molar-refractivity contribution >= 4 is 23.3 Å².